The van der Waals surface area contributed by atoms with E-state index in [0.29, 0.717) is 39.1 Å². The van der Waals surface area contributed by atoms with Crippen molar-refractivity contribution in [1.82, 2.24) is 0 Å². The molecule has 8 nitrogen and oxygen atoms in total. The van der Waals surface area contributed by atoms with Gasteiger partial charge in [0.15, 0.2) is 0 Å². The normalized spacial score (nSPS) is 15.0. The fourth-order valence-corrected chi connectivity index (χ4v) is 4.14. The number of carbonyl (C=O) groups excluding carboxylic acids is 3. The van der Waals surface area contributed by atoms with Crippen LogP contribution >= 0.6 is 11.6 Å². The maximum Gasteiger partial charge on any atom is 0.255 e. The fraction of sp³-hybridized carbons (Fsp3) is 0.192. The maximum atomic E-state index is 13.0. The van der Waals surface area contributed by atoms with Crippen LogP contribution in [0.2, 0.25) is 5.02 Å². The van der Waals surface area contributed by atoms with Gasteiger partial charge in [0.25, 0.3) is 5.91 Å². The molecule has 9 heteroatoms. The number of rotatable bonds is 7. The largest absolute Gasteiger partial charge is 0.494 e. The SMILES string of the molecule is COc1cc(NC(=O)C2CC(=O)N(c3ccccc3Cl)C2)c(OC)cc1NC(=O)c1ccccc1. The molecular formula is C26H24ClN3O5. The van der Waals surface area contributed by atoms with E-state index in [-0.39, 0.29) is 30.7 Å². The van der Waals surface area contributed by atoms with Crippen molar-refractivity contribution in [1.29, 1.82) is 0 Å². The highest BCUT2D eigenvalue weighted by atomic mass is 35.5. The van der Waals surface area contributed by atoms with Gasteiger partial charge in [-0.2, -0.15) is 0 Å². The molecule has 180 valence electrons. The zero-order valence-electron chi connectivity index (χ0n) is 19.2. The van der Waals surface area contributed by atoms with Crippen molar-refractivity contribution in [2.75, 3.05) is 36.3 Å². The van der Waals surface area contributed by atoms with Gasteiger partial charge in [0.2, 0.25) is 11.8 Å². The first-order valence-corrected chi connectivity index (χ1v) is 11.3. The molecule has 1 fully saturated rings. The summed E-state index contributed by atoms with van der Waals surface area (Å²) in [6.45, 7) is 0.207. The highest BCUT2D eigenvalue weighted by Crippen LogP contribution is 2.38. The monoisotopic (exact) mass is 493 g/mol. The first-order chi connectivity index (χ1) is 16.9. The van der Waals surface area contributed by atoms with Crippen molar-refractivity contribution in [3.05, 3.63) is 77.3 Å². The van der Waals surface area contributed by atoms with Crippen LogP contribution in [0.3, 0.4) is 0 Å². The average Bonchev–Trinajstić information content (AvgIpc) is 3.26. The van der Waals surface area contributed by atoms with Gasteiger partial charge in [-0.25, -0.2) is 0 Å². The summed E-state index contributed by atoms with van der Waals surface area (Å²) in [4.78, 5) is 39.8. The quantitative estimate of drug-likeness (QED) is 0.501. The number of methoxy groups -OCH3 is 2. The first kappa shape index (κ1) is 24.1. The van der Waals surface area contributed by atoms with E-state index in [1.165, 1.54) is 19.1 Å². The van der Waals surface area contributed by atoms with Crippen molar-refractivity contribution < 1.29 is 23.9 Å². The molecule has 3 aromatic carbocycles. The van der Waals surface area contributed by atoms with E-state index in [1.807, 2.05) is 6.07 Å². The summed E-state index contributed by atoms with van der Waals surface area (Å²) >= 11 is 6.23. The molecule has 1 atom stereocenters. The van der Waals surface area contributed by atoms with Gasteiger partial charge in [-0.1, -0.05) is 41.9 Å². The number of anilines is 3. The van der Waals surface area contributed by atoms with Crippen LogP contribution in [0.5, 0.6) is 11.5 Å². The number of hydrogen-bond donors (Lipinski definition) is 2. The third-order valence-corrected chi connectivity index (χ3v) is 6.02. The fourth-order valence-electron chi connectivity index (χ4n) is 3.90. The Kier molecular flexibility index (Phi) is 7.22. The minimum absolute atomic E-state index is 0.0573. The zero-order valence-corrected chi connectivity index (χ0v) is 20.0. The summed E-state index contributed by atoms with van der Waals surface area (Å²) in [5, 5.41) is 6.08. The first-order valence-electron chi connectivity index (χ1n) is 10.9. The molecule has 0 aromatic heterocycles. The van der Waals surface area contributed by atoms with Gasteiger partial charge >= 0.3 is 0 Å². The molecule has 1 aliphatic heterocycles. The lowest BCUT2D eigenvalue weighted by molar-refractivity contribution is -0.122. The van der Waals surface area contributed by atoms with Gasteiger partial charge in [-0.15, -0.1) is 0 Å². The second-order valence-corrected chi connectivity index (χ2v) is 8.33. The molecule has 1 saturated heterocycles. The third-order valence-electron chi connectivity index (χ3n) is 5.70. The molecule has 2 N–H and O–H groups in total. The Labute approximate surface area is 207 Å². The van der Waals surface area contributed by atoms with Gasteiger partial charge in [0, 0.05) is 30.7 Å². The second-order valence-electron chi connectivity index (χ2n) is 7.92. The van der Waals surface area contributed by atoms with Crippen LogP contribution in [-0.2, 0) is 9.59 Å². The standard InChI is InChI=1S/C26H24ClN3O5/c1-34-22-14-20(23(35-2)13-19(22)28-25(32)16-8-4-3-5-9-16)29-26(33)17-12-24(31)30(15-17)21-11-7-6-10-18(21)27/h3-11,13-14,17H,12,15H2,1-2H3,(H,28,32)(H,29,33). The second kappa shape index (κ2) is 10.5. The van der Waals surface area contributed by atoms with Crippen LogP contribution in [0.4, 0.5) is 17.1 Å². The van der Waals surface area contributed by atoms with E-state index in [4.69, 9.17) is 21.1 Å². The molecule has 35 heavy (non-hydrogen) atoms. The van der Waals surface area contributed by atoms with E-state index in [2.05, 4.69) is 10.6 Å². The molecule has 0 radical (unpaired) electrons. The Morgan fingerprint density at radius 2 is 1.51 bits per heavy atom. The van der Waals surface area contributed by atoms with Crippen molar-refractivity contribution >= 4 is 46.4 Å². The van der Waals surface area contributed by atoms with Crippen molar-refractivity contribution in [3.8, 4) is 11.5 Å². The Bertz CT molecular complexity index is 1270. The zero-order chi connectivity index (χ0) is 24.9. The number of nitrogens with zero attached hydrogens (tertiary/aromatic N) is 1. The average molecular weight is 494 g/mol. The third kappa shape index (κ3) is 5.22. The predicted molar refractivity (Wildman–Crippen MR) is 134 cm³/mol. The molecule has 4 rings (SSSR count). The van der Waals surface area contributed by atoms with E-state index < -0.39 is 5.92 Å². The van der Waals surface area contributed by atoms with Crippen LogP contribution in [0.25, 0.3) is 0 Å². The molecule has 3 aromatic rings. The predicted octanol–water partition coefficient (Wildman–Crippen LogP) is 4.60. The number of carbonyl (C=O) groups is 3. The summed E-state index contributed by atoms with van der Waals surface area (Å²) in [5.74, 6) is -0.740. The van der Waals surface area contributed by atoms with E-state index in [9.17, 15) is 14.4 Å². The number of halogens is 1. The Hall–Kier alpha value is -4.04. The molecule has 1 aliphatic rings. The van der Waals surface area contributed by atoms with Crippen LogP contribution in [0.1, 0.15) is 16.8 Å². The van der Waals surface area contributed by atoms with Crippen molar-refractivity contribution in [2.45, 2.75) is 6.42 Å². The maximum absolute atomic E-state index is 13.0. The number of para-hydroxylation sites is 1. The molecule has 1 unspecified atom stereocenters. The summed E-state index contributed by atoms with van der Waals surface area (Å²) in [5.41, 5.74) is 1.81. The van der Waals surface area contributed by atoms with Gasteiger partial charge in [0.05, 0.1) is 42.2 Å². The van der Waals surface area contributed by atoms with E-state index in [1.54, 1.807) is 60.7 Å². The van der Waals surface area contributed by atoms with Gasteiger partial charge in [0.1, 0.15) is 11.5 Å². The summed E-state index contributed by atoms with van der Waals surface area (Å²) in [6, 6.07) is 18.9. The molecule has 0 bridgehead atoms. The number of benzene rings is 3. The van der Waals surface area contributed by atoms with Crippen molar-refractivity contribution in [3.63, 3.8) is 0 Å². The van der Waals surface area contributed by atoms with Crippen LogP contribution < -0.4 is 25.0 Å². The lowest BCUT2D eigenvalue weighted by atomic mass is 10.1. The summed E-state index contributed by atoms with van der Waals surface area (Å²) in [6.07, 6.45) is 0.0573. The smallest absolute Gasteiger partial charge is 0.255 e. The Balaban J connectivity index is 1.52. The molecule has 0 spiro atoms. The molecule has 1 heterocycles. The lowest BCUT2D eigenvalue weighted by Crippen LogP contribution is -2.28. The van der Waals surface area contributed by atoms with Crippen LogP contribution in [-0.4, -0.2) is 38.5 Å². The number of amides is 3. The lowest BCUT2D eigenvalue weighted by Gasteiger charge is -2.19. The molecule has 0 saturated carbocycles. The van der Waals surface area contributed by atoms with Crippen LogP contribution in [0.15, 0.2) is 66.7 Å². The van der Waals surface area contributed by atoms with Gasteiger partial charge in [-0.05, 0) is 24.3 Å². The summed E-state index contributed by atoms with van der Waals surface area (Å²) in [7, 11) is 2.92. The number of ether oxygens (including phenoxy) is 2. The molecule has 3 amide bonds. The highest BCUT2D eigenvalue weighted by molar-refractivity contribution is 6.34. The van der Waals surface area contributed by atoms with E-state index >= 15 is 0 Å². The Morgan fingerprint density at radius 1 is 0.914 bits per heavy atom. The molecule has 0 aliphatic carbocycles. The molecular weight excluding hydrogens is 470 g/mol. The summed E-state index contributed by atoms with van der Waals surface area (Å²) < 4.78 is 10.9. The Morgan fingerprint density at radius 3 is 2.14 bits per heavy atom. The van der Waals surface area contributed by atoms with Crippen molar-refractivity contribution in [2.24, 2.45) is 5.92 Å². The van der Waals surface area contributed by atoms with Gasteiger partial charge in [-0.3, -0.25) is 14.4 Å². The van der Waals surface area contributed by atoms with Crippen LogP contribution in [0, 0.1) is 5.92 Å². The highest BCUT2D eigenvalue weighted by Gasteiger charge is 2.36. The topological polar surface area (TPSA) is 97.0 Å². The number of nitrogens with one attached hydrogen (secondary N) is 2. The minimum Gasteiger partial charge on any atom is -0.494 e. The number of hydrogen-bond acceptors (Lipinski definition) is 5. The minimum atomic E-state index is -0.577. The van der Waals surface area contributed by atoms with E-state index in [0.717, 1.165) is 0 Å². The van der Waals surface area contributed by atoms with Gasteiger partial charge < -0.3 is 25.0 Å².